The number of carbonyl (C=O) groups is 1. The molecule has 2 aromatic heterocycles. The van der Waals surface area contributed by atoms with Crippen LogP contribution in [0.3, 0.4) is 0 Å². The summed E-state index contributed by atoms with van der Waals surface area (Å²) in [5.74, 6) is 1.25. The van der Waals surface area contributed by atoms with Gasteiger partial charge in [-0.3, -0.25) is 4.79 Å². The summed E-state index contributed by atoms with van der Waals surface area (Å²) >= 11 is 0. The van der Waals surface area contributed by atoms with E-state index in [1.807, 2.05) is 0 Å². The third-order valence-corrected chi connectivity index (χ3v) is 3.54. The molecule has 0 radical (unpaired) electrons. The van der Waals surface area contributed by atoms with Gasteiger partial charge in [0.25, 0.3) is 5.91 Å². The van der Waals surface area contributed by atoms with Crippen molar-refractivity contribution in [1.82, 2.24) is 20.2 Å². The molecule has 3 rings (SSSR count). The fourth-order valence-corrected chi connectivity index (χ4v) is 2.43. The van der Waals surface area contributed by atoms with Gasteiger partial charge in [0.15, 0.2) is 12.4 Å². The third kappa shape index (κ3) is 2.78. The number of aromatic amines is 1. The first-order valence-corrected chi connectivity index (χ1v) is 6.91. The minimum absolute atomic E-state index is 0.00583. The summed E-state index contributed by atoms with van der Waals surface area (Å²) in [5, 5.41) is 3.97. The molecule has 112 valence electrons. The fourth-order valence-electron chi connectivity index (χ4n) is 2.43. The Morgan fingerprint density at radius 2 is 2.19 bits per heavy atom. The van der Waals surface area contributed by atoms with Gasteiger partial charge in [-0.15, -0.1) is 0 Å². The maximum atomic E-state index is 12.1. The molecule has 3 heterocycles. The first-order chi connectivity index (χ1) is 10.3. The van der Waals surface area contributed by atoms with Crippen LogP contribution in [0, 0.1) is 0 Å². The summed E-state index contributed by atoms with van der Waals surface area (Å²) in [6.45, 7) is 3.13. The lowest BCUT2D eigenvalue weighted by atomic mass is 10.3. The number of rotatable bonds is 4. The molecule has 2 N–H and O–H groups in total. The molecule has 7 nitrogen and oxygen atoms in total. The number of H-pyrrole nitrogens is 1. The summed E-state index contributed by atoms with van der Waals surface area (Å²) in [7, 11) is 1.59. The van der Waals surface area contributed by atoms with E-state index in [1.165, 1.54) is 0 Å². The highest BCUT2D eigenvalue weighted by Crippen LogP contribution is 2.32. The molecule has 2 aromatic rings. The van der Waals surface area contributed by atoms with Crippen molar-refractivity contribution in [3.05, 3.63) is 18.5 Å². The van der Waals surface area contributed by atoms with Crippen molar-refractivity contribution in [3.63, 3.8) is 0 Å². The van der Waals surface area contributed by atoms with Crippen molar-refractivity contribution in [3.8, 4) is 11.5 Å². The zero-order valence-electron chi connectivity index (χ0n) is 11.9. The van der Waals surface area contributed by atoms with Crippen LogP contribution in [0.1, 0.15) is 0 Å². The van der Waals surface area contributed by atoms with Crippen LogP contribution < -0.4 is 14.8 Å². The predicted molar refractivity (Wildman–Crippen MR) is 77.6 cm³/mol. The summed E-state index contributed by atoms with van der Waals surface area (Å²) in [4.78, 5) is 21.1. The number of methoxy groups -OCH3 is 1. The van der Waals surface area contributed by atoms with Crippen LogP contribution in [0.25, 0.3) is 11.0 Å². The van der Waals surface area contributed by atoms with E-state index in [0.29, 0.717) is 17.1 Å². The minimum Gasteiger partial charge on any atom is -0.496 e. The molecule has 21 heavy (non-hydrogen) atoms. The van der Waals surface area contributed by atoms with Gasteiger partial charge < -0.3 is 24.7 Å². The second kappa shape index (κ2) is 6.01. The van der Waals surface area contributed by atoms with Gasteiger partial charge in [0.05, 0.1) is 7.11 Å². The first kappa shape index (κ1) is 13.7. The van der Waals surface area contributed by atoms with Gasteiger partial charge in [-0.05, 0) is 6.07 Å². The Labute approximate surface area is 122 Å². The lowest BCUT2D eigenvalue weighted by Crippen LogP contribution is -2.47. The molecule has 1 fully saturated rings. The van der Waals surface area contributed by atoms with Crippen LogP contribution in [0.2, 0.25) is 0 Å². The Hall–Kier alpha value is -2.28. The van der Waals surface area contributed by atoms with Gasteiger partial charge in [0.2, 0.25) is 0 Å². The molecule has 0 spiro atoms. The van der Waals surface area contributed by atoms with Gasteiger partial charge in [0, 0.05) is 38.6 Å². The molecule has 0 aromatic carbocycles. The van der Waals surface area contributed by atoms with Crippen molar-refractivity contribution >= 4 is 16.9 Å². The van der Waals surface area contributed by atoms with Crippen LogP contribution in [0.15, 0.2) is 18.5 Å². The Morgan fingerprint density at radius 1 is 1.38 bits per heavy atom. The van der Waals surface area contributed by atoms with E-state index in [0.717, 1.165) is 31.6 Å². The second-order valence-electron chi connectivity index (χ2n) is 4.81. The first-order valence-electron chi connectivity index (χ1n) is 6.91. The topological polar surface area (TPSA) is 79.5 Å². The van der Waals surface area contributed by atoms with Crippen LogP contribution in [-0.4, -0.2) is 60.7 Å². The minimum atomic E-state index is -0.00583. The Kier molecular flexibility index (Phi) is 3.92. The number of amides is 1. The second-order valence-corrected chi connectivity index (χ2v) is 4.81. The van der Waals surface area contributed by atoms with Crippen molar-refractivity contribution in [2.45, 2.75) is 0 Å². The van der Waals surface area contributed by atoms with Gasteiger partial charge in [0.1, 0.15) is 16.8 Å². The smallest absolute Gasteiger partial charge is 0.260 e. The molecule has 0 atom stereocenters. The van der Waals surface area contributed by atoms with E-state index in [-0.39, 0.29) is 12.5 Å². The van der Waals surface area contributed by atoms with Crippen molar-refractivity contribution in [2.24, 2.45) is 0 Å². The van der Waals surface area contributed by atoms with E-state index in [1.54, 1.807) is 30.5 Å². The average Bonchev–Trinajstić information content (AvgIpc) is 2.96. The van der Waals surface area contributed by atoms with E-state index in [4.69, 9.17) is 9.47 Å². The zero-order chi connectivity index (χ0) is 14.7. The summed E-state index contributed by atoms with van der Waals surface area (Å²) in [5.41, 5.74) is 0.680. The van der Waals surface area contributed by atoms with E-state index in [2.05, 4.69) is 15.3 Å². The number of nitrogens with one attached hydrogen (secondary N) is 2. The van der Waals surface area contributed by atoms with Crippen LogP contribution in [0.4, 0.5) is 0 Å². The fraction of sp³-hybridized carbons (Fsp3) is 0.429. The number of hydrogen-bond acceptors (Lipinski definition) is 5. The predicted octanol–water partition coefficient (Wildman–Crippen LogP) is 0.382. The number of pyridine rings is 1. The largest absolute Gasteiger partial charge is 0.496 e. The summed E-state index contributed by atoms with van der Waals surface area (Å²) < 4.78 is 11.0. The molecule has 0 saturated carbocycles. The van der Waals surface area contributed by atoms with Gasteiger partial charge >= 0.3 is 0 Å². The molecule has 1 amide bonds. The standard InChI is InChI=1S/C14H18N4O3/c1-20-10-2-3-16-14-13(10)11(8-17-14)21-9-12(19)18-6-4-15-5-7-18/h2-3,8,15H,4-7,9H2,1H3,(H,16,17). The maximum absolute atomic E-state index is 12.1. The number of hydrogen-bond donors (Lipinski definition) is 2. The molecule has 0 unspecified atom stereocenters. The number of fused-ring (bicyclic) bond motifs is 1. The summed E-state index contributed by atoms with van der Waals surface area (Å²) in [6.07, 6.45) is 3.36. The highest BCUT2D eigenvalue weighted by molar-refractivity contribution is 5.89. The lowest BCUT2D eigenvalue weighted by molar-refractivity contribution is -0.133. The van der Waals surface area contributed by atoms with E-state index < -0.39 is 0 Å². The van der Waals surface area contributed by atoms with Crippen LogP contribution >= 0.6 is 0 Å². The van der Waals surface area contributed by atoms with Gasteiger partial charge in [-0.2, -0.15) is 0 Å². The molecule has 0 aliphatic carbocycles. The Balaban J connectivity index is 1.71. The molecular formula is C14H18N4O3. The van der Waals surface area contributed by atoms with Crippen molar-refractivity contribution in [1.29, 1.82) is 0 Å². The van der Waals surface area contributed by atoms with Crippen molar-refractivity contribution < 1.29 is 14.3 Å². The third-order valence-electron chi connectivity index (χ3n) is 3.54. The highest BCUT2D eigenvalue weighted by Gasteiger charge is 2.18. The normalized spacial score (nSPS) is 15.2. The molecule has 0 bridgehead atoms. The number of piperazine rings is 1. The zero-order valence-corrected chi connectivity index (χ0v) is 11.9. The highest BCUT2D eigenvalue weighted by atomic mass is 16.5. The van der Waals surface area contributed by atoms with Crippen LogP contribution in [0.5, 0.6) is 11.5 Å². The van der Waals surface area contributed by atoms with E-state index in [9.17, 15) is 4.79 Å². The monoisotopic (exact) mass is 290 g/mol. The Morgan fingerprint density at radius 3 is 2.95 bits per heavy atom. The van der Waals surface area contributed by atoms with Crippen LogP contribution in [-0.2, 0) is 4.79 Å². The van der Waals surface area contributed by atoms with Gasteiger partial charge in [-0.1, -0.05) is 0 Å². The molecular weight excluding hydrogens is 272 g/mol. The molecule has 7 heteroatoms. The molecule has 1 aliphatic rings. The SMILES string of the molecule is COc1ccnc2[nH]cc(OCC(=O)N3CCNCC3)c12. The summed E-state index contributed by atoms with van der Waals surface area (Å²) in [6, 6.07) is 1.77. The lowest BCUT2D eigenvalue weighted by Gasteiger charge is -2.27. The average molecular weight is 290 g/mol. The number of aromatic nitrogens is 2. The molecule has 1 saturated heterocycles. The number of ether oxygens (including phenoxy) is 2. The van der Waals surface area contributed by atoms with Crippen molar-refractivity contribution in [2.75, 3.05) is 39.9 Å². The van der Waals surface area contributed by atoms with Gasteiger partial charge in [-0.25, -0.2) is 4.98 Å². The maximum Gasteiger partial charge on any atom is 0.260 e. The Bertz CT molecular complexity index is 634. The quantitative estimate of drug-likeness (QED) is 0.851. The number of carbonyl (C=O) groups excluding carboxylic acids is 1. The van der Waals surface area contributed by atoms with E-state index >= 15 is 0 Å². The number of nitrogens with zero attached hydrogens (tertiary/aromatic N) is 2. The molecule has 1 aliphatic heterocycles.